The van der Waals surface area contributed by atoms with Gasteiger partial charge in [0.2, 0.25) is 5.16 Å². The first-order valence-electron chi connectivity index (χ1n) is 6.03. The number of nitrogens with zero attached hydrogens (tertiary/aromatic N) is 2. The van der Waals surface area contributed by atoms with Gasteiger partial charge in [-0.3, -0.25) is 5.10 Å². The lowest BCUT2D eigenvalue weighted by atomic mass is 10.2. The third-order valence-electron chi connectivity index (χ3n) is 2.56. The molecule has 0 atom stereocenters. The third-order valence-corrected chi connectivity index (χ3v) is 3.49. The standard InChI is InChI=1S/C13H17N3OS/c1-3-4-9-18-13-14-12(15-16-13)10-5-7-11(17-2)8-6-10/h5-8H,3-4,9H2,1-2H3,(H,14,15,16). The van der Waals surface area contributed by atoms with E-state index in [1.165, 1.54) is 12.8 Å². The molecule has 2 rings (SSSR count). The molecule has 1 aromatic carbocycles. The van der Waals surface area contributed by atoms with Gasteiger partial charge in [0.05, 0.1) is 7.11 Å². The molecule has 0 fully saturated rings. The molecule has 0 amide bonds. The lowest BCUT2D eigenvalue weighted by Crippen LogP contribution is -1.84. The summed E-state index contributed by atoms with van der Waals surface area (Å²) in [6, 6.07) is 7.78. The maximum absolute atomic E-state index is 5.13. The zero-order valence-electron chi connectivity index (χ0n) is 10.6. The highest BCUT2D eigenvalue weighted by molar-refractivity contribution is 7.99. The van der Waals surface area contributed by atoms with Crippen LogP contribution in [0.5, 0.6) is 5.75 Å². The van der Waals surface area contributed by atoms with E-state index >= 15 is 0 Å². The highest BCUT2D eigenvalue weighted by atomic mass is 32.2. The average Bonchev–Trinajstić information content (AvgIpc) is 2.88. The Morgan fingerprint density at radius 2 is 2.06 bits per heavy atom. The van der Waals surface area contributed by atoms with Crippen LogP contribution in [0.4, 0.5) is 0 Å². The number of hydrogen-bond acceptors (Lipinski definition) is 4. The molecule has 0 unspecified atom stereocenters. The van der Waals surface area contributed by atoms with Gasteiger partial charge in [0.15, 0.2) is 5.82 Å². The summed E-state index contributed by atoms with van der Waals surface area (Å²) in [5.41, 5.74) is 1.02. The van der Waals surface area contributed by atoms with E-state index in [1.807, 2.05) is 24.3 Å². The molecule has 5 heteroatoms. The lowest BCUT2D eigenvalue weighted by Gasteiger charge is -1.99. The zero-order chi connectivity index (χ0) is 12.8. The van der Waals surface area contributed by atoms with Gasteiger partial charge in [-0.2, -0.15) is 0 Å². The first-order valence-corrected chi connectivity index (χ1v) is 7.01. The fourth-order valence-corrected chi connectivity index (χ4v) is 2.38. The number of benzene rings is 1. The van der Waals surface area contributed by atoms with Crippen molar-refractivity contribution in [2.24, 2.45) is 0 Å². The normalized spacial score (nSPS) is 10.6. The van der Waals surface area contributed by atoms with Crippen LogP contribution in [0.1, 0.15) is 19.8 Å². The number of aromatic nitrogens is 3. The number of ether oxygens (including phenoxy) is 1. The van der Waals surface area contributed by atoms with Crippen molar-refractivity contribution in [3.05, 3.63) is 24.3 Å². The zero-order valence-corrected chi connectivity index (χ0v) is 11.5. The minimum Gasteiger partial charge on any atom is -0.497 e. The molecule has 0 radical (unpaired) electrons. The molecule has 0 aliphatic heterocycles. The fraction of sp³-hybridized carbons (Fsp3) is 0.385. The van der Waals surface area contributed by atoms with E-state index in [2.05, 4.69) is 22.1 Å². The van der Waals surface area contributed by atoms with Crippen LogP contribution in [-0.2, 0) is 0 Å². The molecule has 96 valence electrons. The summed E-state index contributed by atoms with van der Waals surface area (Å²) in [5.74, 6) is 2.71. The second-order valence-corrected chi connectivity index (χ2v) is 4.96. The van der Waals surface area contributed by atoms with Gasteiger partial charge >= 0.3 is 0 Å². The number of H-pyrrole nitrogens is 1. The molecule has 0 aliphatic rings. The summed E-state index contributed by atoms with van der Waals surface area (Å²) in [6.07, 6.45) is 2.39. The molecule has 1 aromatic heterocycles. The van der Waals surface area contributed by atoms with Gasteiger partial charge in [0.1, 0.15) is 5.75 Å². The molecule has 18 heavy (non-hydrogen) atoms. The van der Waals surface area contributed by atoms with Gasteiger partial charge < -0.3 is 4.74 Å². The van der Waals surface area contributed by atoms with Crippen molar-refractivity contribution in [1.82, 2.24) is 15.2 Å². The number of hydrogen-bond donors (Lipinski definition) is 1. The van der Waals surface area contributed by atoms with Gasteiger partial charge in [0, 0.05) is 11.3 Å². The summed E-state index contributed by atoms with van der Waals surface area (Å²) in [6.45, 7) is 2.18. The van der Waals surface area contributed by atoms with Crippen LogP contribution < -0.4 is 4.74 Å². The quantitative estimate of drug-likeness (QED) is 0.641. The Bertz CT molecular complexity index is 481. The van der Waals surface area contributed by atoms with E-state index in [9.17, 15) is 0 Å². The molecule has 4 nitrogen and oxygen atoms in total. The molecule has 2 aromatic rings. The molecular weight excluding hydrogens is 246 g/mol. The molecule has 0 saturated carbocycles. The summed E-state index contributed by atoms with van der Waals surface area (Å²) < 4.78 is 5.13. The number of rotatable bonds is 6. The molecule has 0 spiro atoms. The summed E-state index contributed by atoms with van der Waals surface area (Å²) in [7, 11) is 1.66. The number of nitrogens with one attached hydrogen (secondary N) is 1. The second kappa shape index (κ2) is 6.44. The minimum atomic E-state index is 0.802. The number of aromatic amines is 1. The summed E-state index contributed by atoms with van der Waals surface area (Å²) in [5, 5.41) is 7.98. The Morgan fingerprint density at radius 3 is 2.72 bits per heavy atom. The van der Waals surface area contributed by atoms with Crippen molar-refractivity contribution in [1.29, 1.82) is 0 Å². The van der Waals surface area contributed by atoms with E-state index in [1.54, 1.807) is 18.9 Å². The smallest absolute Gasteiger partial charge is 0.208 e. The first-order chi connectivity index (χ1) is 8.83. The maximum atomic E-state index is 5.13. The SMILES string of the molecule is CCCCSc1n[nH]c(-c2ccc(OC)cc2)n1. The first kappa shape index (κ1) is 13.0. The highest BCUT2D eigenvalue weighted by Gasteiger charge is 2.05. The summed E-state index contributed by atoms with van der Waals surface area (Å²) >= 11 is 1.69. The minimum absolute atomic E-state index is 0.802. The van der Waals surface area contributed by atoms with Crippen molar-refractivity contribution in [2.75, 3.05) is 12.9 Å². The Morgan fingerprint density at radius 1 is 1.28 bits per heavy atom. The predicted octanol–water partition coefficient (Wildman–Crippen LogP) is 3.37. The molecule has 0 saturated heterocycles. The van der Waals surface area contributed by atoms with Gasteiger partial charge in [-0.1, -0.05) is 25.1 Å². The Hall–Kier alpha value is -1.49. The largest absolute Gasteiger partial charge is 0.497 e. The number of unbranched alkanes of at least 4 members (excludes halogenated alkanes) is 1. The van der Waals surface area contributed by atoms with Gasteiger partial charge in [0.25, 0.3) is 0 Å². The van der Waals surface area contributed by atoms with E-state index in [0.717, 1.165) is 28.0 Å². The van der Waals surface area contributed by atoms with Crippen molar-refractivity contribution in [3.63, 3.8) is 0 Å². The van der Waals surface area contributed by atoms with Crippen LogP contribution in [0, 0.1) is 0 Å². The molecule has 0 aliphatic carbocycles. The Balaban J connectivity index is 2.04. The van der Waals surface area contributed by atoms with E-state index in [-0.39, 0.29) is 0 Å². The molecular formula is C13H17N3OS. The van der Waals surface area contributed by atoms with Gasteiger partial charge in [-0.05, 0) is 30.7 Å². The Kier molecular flexibility index (Phi) is 4.64. The van der Waals surface area contributed by atoms with Crippen molar-refractivity contribution >= 4 is 11.8 Å². The van der Waals surface area contributed by atoms with Crippen LogP contribution in [-0.4, -0.2) is 28.0 Å². The highest BCUT2D eigenvalue weighted by Crippen LogP contribution is 2.22. The fourth-order valence-electron chi connectivity index (χ4n) is 1.50. The third kappa shape index (κ3) is 3.26. The van der Waals surface area contributed by atoms with Gasteiger partial charge in [-0.15, -0.1) is 5.10 Å². The van der Waals surface area contributed by atoms with Crippen LogP contribution in [0.2, 0.25) is 0 Å². The van der Waals surface area contributed by atoms with Crippen LogP contribution in [0.15, 0.2) is 29.4 Å². The van der Waals surface area contributed by atoms with Crippen molar-refractivity contribution < 1.29 is 4.74 Å². The molecule has 1 heterocycles. The lowest BCUT2D eigenvalue weighted by molar-refractivity contribution is 0.415. The second-order valence-electron chi connectivity index (χ2n) is 3.90. The molecule has 0 bridgehead atoms. The van der Waals surface area contributed by atoms with Gasteiger partial charge in [-0.25, -0.2) is 4.98 Å². The van der Waals surface area contributed by atoms with E-state index in [4.69, 9.17) is 4.74 Å². The predicted molar refractivity (Wildman–Crippen MR) is 74.0 cm³/mol. The van der Waals surface area contributed by atoms with Crippen LogP contribution in [0.25, 0.3) is 11.4 Å². The maximum Gasteiger partial charge on any atom is 0.208 e. The number of thioether (sulfide) groups is 1. The van der Waals surface area contributed by atoms with Crippen molar-refractivity contribution in [3.8, 4) is 17.1 Å². The number of methoxy groups -OCH3 is 1. The molecule has 1 N–H and O–H groups in total. The topological polar surface area (TPSA) is 50.8 Å². The average molecular weight is 263 g/mol. The van der Waals surface area contributed by atoms with Crippen LogP contribution in [0.3, 0.4) is 0 Å². The van der Waals surface area contributed by atoms with Crippen molar-refractivity contribution in [2.45, 2.75) is 24.9 Å². The Labute approximate surface area is 111 Å². The monoisotopic (exact) mass is 263 g/mol. The van der Waals surface area contributed by atoms with E-state index in [0.29, 0.717) is 0 Å². The van der Waals surface area contributed by atoms with Crippen LogP contribution >= 0.6 is 11.8 Å². The summed E-state index contributed by atoms with van der Waals surface area (Å²) in [4.78, 5) is 4.46. The van der Waals surface area contributed by atoms with E-state index < -0.39 is 0 Å².